The first kappa shape index (κ1) is 15.9. The maximum atomic E-state index is 11.0. The van der Waals surface area contributed by atoms with Crippen LogP contribution in [0.15, 0.2) is 0 Å². The van der Waals surface area contributed by atoms with Crippen molar-refractivity contribution in [3.05, 3.63) is 0 Å². The van der Waals surface area contributed by atoms with Crippen LogP contribution in [0.3, 0.4) is 0 Å². The number of hydrogen-bond acceptors (Lipinski definition) is 5. The van der Waals surface area contributed by atoms with Gasteiger partial charge in [-0.1, -0.05) is 0 Å². The van der Waals surface area contributed by atoms with Gasteiger partial charge in [-0.15, -0.1) is 0 Å². The lowest BCUT2D eigenvalue weighted by Gasteiger charge is -2.37. The summed E-state index contributed by atoms with van der Waals surface area (Å²) in [6.07, 6.45) is 1.54. The number of carbonyl (C=O) groups excluding carboxylic acids is 1. The lowest BCUT2D eigenvalue weighted by atomic mass is 9.91. The van der Waals surface area contributed by atoms with E-state index in [0.29, 0.717) is 26.1 Å². The maximum Gasteiger partial charge on any atom is 0.303 e. The van der Waals surface area contributed by atoms with Crippen molar-refractivity contribution >= 4 is 11.9 Å². The first-order valence-electron chi connectivity index (χ1n) is 6.58. The van der Waals surface area contributed by atoms with Crippen molar-refractivity contribution in [1.29, 1.82) is 0 Å². The number of nitrogens with two attached hydrogens (primary N) is 1. The van der Waals surface area contributed by atoms with Gasteiger partial charge in [-0.25, -0.2) is 0 Å². The Balaban J connectivity index is 2.50. The fraction of sp³-hybridized carbons (Fsp3) is 0.833. The predicted molar refractivity (Wildman–Crippen MR) is 69.5 cm³/mol. The van der Waals surface area contributed by atoms with Gasteiger partial charge >= 0.3 is 5.97 Å². The van der Waals surface area contributed by atoms with Crippen molar-refractivity contribution in [2.45, 2.75) is 25.3 Å². The van der Waals surface area contributed by atoms with Crippen LogP contribution in [0.1, 0.15) is 19.3 Å². The Kier molecular flexibility index (Phi) is 6.75. The number of carbonyl (C=O) groups is 2. The average Bonchev–Trinajstić information content (AvgIpc) is 2.27. The topological polar surface area (TPSA) is 116 Å². The second kappa shape index (κ2) is 8.08. The Labute approximate surface area is 112 Å². The molecule has 1 fully saturated rings. The molecular weight excluding hydrogens is 250 g/mol. The highest BCUT2D eigenvalue weighted by atomic mass is 16.4. The second-order valence-corrected chi connectivity index (χ2v) is 5.09. The van der Waals surface area contributed by atoms with Gasteiger partial charge in [-0.3, -0.25) is 14.5 Å². The van der Waals surface area contributed by atoms with Gasteiger partial charge in [0.05, 0.1) is 6.54 Å². The minimum Gasteiger partial charge on any atom is -0.481 e. The van der Waals surface area contributed by atoms with Gasteiger partial charge in [0, 0.05) is 32.2 Å². The zero-order chi connectivity index (χ0) is 14.3. The zero-order valence-electron chi connectivity index (χ0n) is 11.0. The number of aliphatic carboxylic acids is 1. The van der Waals surface area contributed by atoms with Gasteiger partial charge in [0.25, 0.3) is 0 Å². The third-order valence-corrected chi connectivity index (χ3v) is 3.22. The number of carboxylic acid groups (broad SMARTS) is 1. The highest BCUT2D eigenvalue weighted by Crippen LogP contribution is 2.20. The molecule has 2 unspecified atom stereocenters. The van der Waals surface area contributed by atoms with E-state index in [4.69, 9.17) is 15.9 Å². The normalized spacial score (nSPS) is 24.3. The molecule has 1 saturated heterocycles. The van der Waals surface area contributed by atoms with Crippen LogP contribution in [0.2, 0.25) is 0 Å². The molecule has 1 rings (SSSR count). The number of nitrogens with zero attached hydrogens (tertiary/aromatic N) is 1. The number of likely N-dealkylation sites (tertiary alicyclic amines) is 1. The van der Waals surface area contributed by atoms with Crippen LogP contribution in [-0.4, -0.2) is 65.8 Å². The summed E-state index contributed by atoms with van der Waals surface area (Å²) < 4.78 is 0. The molecule has 0 aromatic rings. The summed E-state index contributed by atoms with van der Waals surface area (Å²) in [5.74, 6) is -1.19. The first-order chi connectivity index (χ1) is 9.01. The van der Waals surface area contributed by atoms with Gasteiger partial charge in [-0.05, 0) is 25.3 Å². The van der Waals surface area contributed by atoms with Gasteiger partial charge < -0.3 is 21.3 Å². The van der Waals surface area contributed by atoms with Crippen molar-refractivity contribution in [2.75, 3.05) is 32.8 Å². The largest absolute Gasteiger partial charge is 0.481 e. The van der Waals surface area contributed by atoms with Crippen LogP contribution in [0.5, 0.6) is 0 Å². The Morgan fingerprint density at radius 3 is 2.68 bits per heavy atom. The summed E-state index contributed by atoms with van der Waals surface area (Å²) in [6.45, 7) is 2.25. The molecule has 1 aliphatic rings. The highest BCUT2D eigenvalue weighted by molar-refractivity contribution is 5.76. The van der Waals surface area contributed by atoms with E-state index in [-0.39, 0.29) is 31.5 Å². The standard InChI is InChI=1S/C12H23N3O4/c13-11(17)8-15-6-9(5-12(18)19)4-10(7-15)14-2-1-3-16/h9-10,14,16H,1-8H2,(H2,13,17)(H,18,19). The van der Waals surface area contributed by atoms with Crippen LogP contribution in [0.25, 0.3) is 0 Å². The van der Waals surface area contributed by atoms with E-state index in [1.165, 1.54) is 0 Å². The number of nitrogens with one attached hydrogen (secondary N) is 1. The van der Waals surface area contributed by atoms with E-state index >= 15 is 0 Å². The van der Waals surface area contributed by atoms with Gasteiger partial charge in [-0.2, -0.15) is 0 Å². The van der Waals surface area contributed by atoms with Gasteiger partial charge in [0.1, 0.15) is 0 Å². The Morgan fingerprint density at radius 2 is 2.11 bits per heavy atom. The molecular formula is C12H23N3O4. The fourth-order valence-corrected chi connectivity index (χ4v) is 2.58. The zero-order valence-corrected chi connectivity index (χ0v) is 11.0. The van der Waals surface area contributed by atoms with Gasteiger partial charge in [0.2, 0.25) is 5.91 Å². The molecule has 5 N–H and O–H groups in total. The lowest BCUT2D eigenvalue weighted by Crippen LogP contribution is -2.51. The van der Waals surface area contributed by atoms with E-state index in [1.54, 1.807) is 0 Å². The lowest BCUT2D eigenvalue weighted by molar-refractivity contribution is -0.138. The molecule has 0 aromatic heterocycles. The molecule has 0 aromatic carbocycles. The molecule has 7 nitrogen and oxygen atoms in total. The predicted octanol–water partition coefficient (Wildman–Crippen LogP) is -1.39. The second-order valence-electron chi connectivity index (χ2n) is 5.09. The SMILES string of the molecule is NC(=O)CN1CC(CC(=O)O)CC(NCCCO)C1. The quantitative estimate of drug-likeness (QED) is 0.405. The minimum absolute atomic E-state index is 0.0252. The van der Waals surface area contributed by atoms with Crippen molar-refractivity contribution in [3.8, 4) is 0 Å². The minimum atomic E-state index is -0.819. The number of hydrogen-bond donors (Lipinski definition) is 4. The van der Waals surface area contributed by atoms with Crippen molar-refractivity contribution in [3.63, 3.8) is 0 Å². The summed E-state index contributed by atoms with van der Waals surface area (Å²) in [7, 11) is 0. The number of primary amides is 1. The maximum absolute atomic E-state index is 11.0. The number of rotatable bonds is 8. The van der Waals surface area contributed by atoms with Gasteiger partial charge in [0.15, 0.2) is 0 Å². The number of aliphatic hydroxyl groups excluding tert-OH is 1. The molecule has 2 atom stereocenters. The Hall–Kier alpha value is -1.18. The molecule has 1 amide bonds. The molecule has 1 heterocycles. The third kappa shape index (κ3) is 6.51. The van der Waals surface area contributed by atoms with Crippen LogP contribution in [0.4, 0.5) is 0 Å². The summed E-state index contributed by atoms with van der Waals surface area (Å²) >= 11 is 0. The van der Waals surface area contributed by atoms with Crippen LogP contribution >= 0.6 is 0 Å². The number of aliphatic hydroxyl groups is 1. The Bertz CT molecular complexity index is 287. The number of amides is 1. The van der Waals surface area contributed by atoms with E-state index in [1.807, 2.05) is 4.90 Å². The van der Waals surface area contributed by atoms with Crippen molar-refractivity contribution < 1.29 is 19.8 Å². The smallest absolute Gasteiger partial charge is 0.303 e. The first-order valence-corrected chi connectivity index (χ1v) is 6.58. The summed E-state index contributed by atoms with van der Waals surface area (Å²) in [5, 5.41) is 20.9. The molecule has 0 aliphatic carbocycles. The summed E-state index contributed by atoms with van der Waals surface area (Å²) in [4.78, 5) is 23.7. The van der Waals surface area contributed by atoms with Crippen LogP contribution in [-0.2, 0) is 9.59 Å². The molecule has 0 saturated carbocycles. The summed E-state index contributed by atoms with van der Waals surface area (Å²) in [6, 6.07) is 0.143. The molecule has 7 heteroatoms. The molecule has 0 spiro atoms. The van der Waals surface area contributed by atoms with E-state index < -0.39 is 11.9 Å². The van der Waals surface area contributed by atoms with Crippen LogP contribution in [0, 0.1) is 5.92 Å². The molecule has 0 bridgehead atoms. The number of carboxylic acids is 1. The van der Waals surface area contributed by atoms with Crippen molar-refractivity contribution in [1.82, 2.24) is 10.2 Å². The van der Waals surface area contributed by atoms with E-state index in [9.17, 15) is 9.59 Å². The molecule has 0 radical (unpaired) electrons. The number of piperidine rings is 1. The van der Waals surface area contributed by atoms with Crippen molar-refractivity contribution in [2.24, 2.45) is 11.7 Å². The monoisotopic (exact) mass is 273 g/mol. The summed E-state index contributed by atoms with van der Waals surface area (Å²) in [5.41, 5.74) is 5.19. The van der Waals surface area contributed by atoms with E-state index in [0.717, 1.165) is 6.42 Å². The van der Waals surface area contributed by atoms with E-state index in [2.05, 4.69) is 5.32 Å². The Morgan fingerprint density at radius 1 is 1.37 bits per heavy atom. The third-order valence-electron chi connectivity index (χ3n) is 3.22. The average molecular weight is 273 g/mol. The fourth-order valence-electron chi connectivity index (χ4n) is 2.58. The molecule has 1 aliphatic heterocycles. The highest BCUT2D eigenvalue weighted by Gasteiger charge is 2.28. The molecule has 110 valence electrons. The van der Waals surface area contributed by atoms with Crippen LogP contribution < -0.4 is 11.1 Å². The molecule has 19 heavy (non-hydrogen) atoms.